The lowest BCUT2D eigenvalue weighted by atomic mass is 9.89. The minimum Gasteiger partial charge on any atom is -0.481 e. The molecule has 0 heterocycles. The highest BCUT2D eigenvalue weighted by Gasteiger charge is 2.34. The maximum absolute atomic E-state index is 13.9. The molecule has 0 saturated heterocycles. The molecule has 0 amide bonds. The third-order valence-electron chi connectivity index (χ3n) is 7.06. The number of allylic oxidation sites excluding steroid dienone is 2. The Kier molecular flexibility index (Phi) is 12.5. The molecular formula is C31H38BrFO4. The van der Waals surface area contributed by atoms with E-state index in [0.29, 0.717) is 37.4 Å². The SMILES string of the molecule is O=C(O)CCCC=CCC[C@H]1CCC(OCc2ccccc2Br)[C@@H]1/C=C/[C@@H](O)CCc1ccccc1F. The van der Waals surface area contributed by atoms with Crippen LogP contribution in [0.3, 0.4) is 0 Å². The summed E-state index contributed by atoms with van der Waals surface area (Å²) in [6.07, 6.45) is 14.2. The number of ether oxygens (including phenoxy) is 1. The topological polar surface area (TPSA) is 66.8 Å². The van der Waals surface area contributed by atoms with Gasteiger partial charge in [0, 0.05) is 16.8 Å². The van der Waals surface area contributed by atoms with Gasteiger partial charge in [0.05, 0.1) is 18.8 Å². The molecule has 1 saturated carbocycles. The van der Waals surface area contributed by atoms with Gasteiger partial charge >= 0.3 is 5.97 Å². The van der Waals surface area contributed by atoms with Crippen molar-refractivity contribution in [3.8, 4) is 0 Å². The van der Waals surface area contributed by atoms with Crippen molar-refractivity contribution in [2.75, 3.05) is 0 Å². The molecule has 1 fully saturated rings. The monoisotopic (exact) mass is 572 g/mol. The Labute approximate surface area is 228 Å². The summed E-state index contributed by atoms with van der Waals surface area (Å²) < 4.78 is 21.3. The summed E-state index contributed by atoms with van der Waals surface area (Å²) in [5, 5.41) is 19.4. The Morgan fingerprint density at radius 2 is 1.81 bits per heavy atom. The predicted octanol–water partition coefficient (Wildman–Crippen LogP) is 7.64. The third kappa shape index (κ3) is 10.2. The second-order valence-corrected chi connectivity index (χ2v) is 10.6. The zero-order chi connectivity index (χ0) is 26.5. The highest BCUT2D eigenvalue weighted by molar-refractivity contribution is 9.10. The lowest BCUT2D eigenvalue weighted by molar-refractivity contribution is -0.137. The molecule has 2 aromatic rings. The molecular weight excluding hydrogens is 535 g/mol. The van der Waals surface area contributed by atoms with E-state index in [1.54, 1.807) is 12.1 Å². The molecule has 0 aliphatic heterocycles. The minimum atomic E-state index is -0.751. The van der Waals surface area contributed by atoms with Gasteiger partial charge in [-0.1, -0.05) is 76.6 Å². The van der Waals surface area contributed by atoms with Crippen LogP contribution < -0.4 is 0 Å². The van der Waals surface area contributed by atoms with E-state index in [2.05, 4.69) is 40.2 Å². The van der Waals surface area contributed by atoms with Gasteiger partial charge in [-0.25, -0.2) is 4.39 Å². The summed E-state index contributed by atoms with van der Waals surface area (Å²) in [4.78, 5) is 10.6. The first kappa shape index (κ1) is 29.3. The Bertz CT molecular complexity index is 1040. The van der Waals surface area contributed by atoms with Crippen molar-refractivity contribution in [2.45, 2.75) is 76.6 Å². The first-order valence-corrected chi connectivity index (χ1v) is 14.0. The molecule has 1 aliphatic rings. The number of benzene rings is 2. The van der Waals surface area contributed by atoms with Gasteiger partial charge < -0.3 is 14.9 Å². The quantitative estimate of drug-likeness (QED) is 0.170. The fourth-order valence-corrected chi connectivity index (χ4v) is 5.37. The maximum atomic E-state index is 13.9. The van der Waals surface area contributed by atoms with Gasteiger partial charge in [-0.3, -0.25) is 4.79 Å². The van der Waals surface area contributed by atoms with Gasteiger partial charge in [-0.2, -0.15) is 0 Å². The molecule has 200 valence electrons. The number of rotatable bonds is 15. The second kappa shape index (κ2) is 15.9. The van der Waals surface area contributed by atoms with Gasteiger partial charge in [-0.15, -0.1) is 0 Å². The van der Waals surface area contributed by atoms with Crippen molar-refractivity contribution in [1.29, 1.82) is 0 Å². The summed E-state index contributed by atoms with van der Waals surface area (Å²) in [5.74, 6) is -0.335. The van der Waals surface area contributed by atoms with Crippen LogP contribution in [0.5, 0.6) is 0 Å². The van der Waals surface area contributed by atoms with E-state index < -0.39 is 12.1 Å². The number of aliphatic carboxylic acids is 1. The van der Waals surface area contributed by atoms with E-state index in [4.69, 9.17) is 9.84 Å². The number of hydrogen-bond acceptors (Lipinski definition) is 3. The number of carboxylic acids is 1. The molecule has 4 atom stereocenters. The predicted molar refractivity (Wildman–Crippen MR) is 149 cm³/mol. The molecule has 6 heteroatoms. The molecule has 37 heavy (non-hydrogen) atoms. The summed E-state index contributed by atoms with van der Waals surface area (Å²) in [5.41, 5.74) is 1.74. The van der Waals surface area contributed by atoms with Gasteiger partial charge in [0.15, 0.2) is 0 Å². The Hall–Kier alpha value is -2.28. The smallest absolute Gasteiger partial charge is 0.303 e. The molecule has 1 unspecified atom stereocenters. The molecule has 3 rings (SSSR count). The number of hydrogen-bond donors (Lipinski definition) is 2. The van der Waals surface area contributed by atoms with Crippen LogP contribution in [0.1, 0.15) is 62.5 Å². The minimum absolute atomic E-state index is 0.0756. The summed E-state index contributed by atoms with van der Waals surface area (Å²) >= 11 is 3.60. The van der Waals surface area contributed by atoms with Crippen LogP contribution in [0.4, 0.5) is 4.39 Å². The highest BCUT2D eigenvalue weighted by atomic mass is 79.9. The average Bonchev–Trinajstić information content (AvgIpc) is 3.27. The Morgan fingerprint density at radius 3 is 2.57 bits per heavy atom. The number of aryl methyl sites for hydroxylation is 1. The van der Waals surface area contributed by atoms with E-state index in [-0.39, 0.29) is 24.3 Å². The van der Waals surface area contributed by atoms with Crippen LogP contribution in [0.15, 0.2) is 77.3 Å². The first-order chi connectivity index (χ1) is 17.9. The standard InChI is InChI=1S/C31H38BrFO4/c32-28-13-8-6-12-25(28)22-37-30-21-17-23(10-4-2-1-3-5-15-31(35)36)27(30)20-19-26(34)18-16-24-11-7-9-14-29(24)33/h1-2,6-9,11-14,19-20,23,26-27,30,34H,3-5,10,15-18,21-22H2,(H,35,36)/b2-1?,20-19+/t23-,26-,27+,30?/m0/s1. The number of aliphatic hydroxyl groups is 1. The molecule has 0 radical (unpaired) electrons. The van der Waals surface area contributed by atoms with E-state index in [0.717, 1.165) is 42.1 Å². The third-order valence-corrected chi connectivity index (χ3v) is 7.83. The molecule has 0 aromatic heterocycles. The van der Waals surface area contributed by atoms with Crippen molar-refractivity contribution in [3.63, 3.8) is 0 Å². The van der Waals surface area contributed by atoms with E-state index >= 15 is 0 Å². The fourth-order valence-electron chi connectivity index (χ4n) is 4.97. The van der Waals surface area contributed by atoms with Crippen LogP contribution in [0.2, 0.25) is 0 Å². The normalized spacial score (nSPS) is 20.7. The summed E-state index contributed by atoms with van der Waals surface area (Å²) in [6.45, 7) is 0.530. The molecule has 0 bridgehead atoms. The molecule has 2 N–H and O–H groups in total. The van der Waals surface area contributed by atoms with E-state index in [9.17, 15) is 14.3 Å². The zero-order valence-corrected chi connectivity index (χ0v) is 22.9. The van der Waals surface area contributed by atoms with Crippen LogP contribution in [-0.2, 0) is 22.6 Å². The Morgan fingerprint density at radius 1 is 1.08 bits per heavy atom. The summed E-state index contributed by atoms with van der Waals surface area (Å²) in [6, 6.07) is 14.8. The molecule has 2 aromatic carbocycles. The lowest BCUT2D eigenvalue weighted by Crippen LogP contribution is -2.21. The second-order valence-electron chi connectivity index (χ2n) is 9.77. The Balaban J connectivity index is 1.57. The largest absolute Gasteiger partial charge is 0.481 e. The average molecular weight is 574 g/mol. The van der Waals surface area contributed by atoms with E-state index in [1.165, 1.54) is 6.07 Å². The van der Waals surface area contributed by atoms with E-state index in [1.807, 2.05) is 30.3 Å². The van der Waals surface area contributed by atoms with Gasteiger partial charge in [0.1, 0.15) is 5.82 Å². The van der Waals surface area contributed by atoms with Gasteiger partial charge in [0.25, 0.3) is 0 Å². The van der Waals surface area contributed by atoms with Crippen molar-refractivity contribution < 1.29 is 24.1 Å². The number of halogens is 2. The van der Waals surface area contributed by atoms with Crippen LogP contribution in [0, 0.1) is 17.7 Å². The first-order valence-electron chi connectivity index (χ1n) is 13.3. The number of carbonyl (C=O) groups is 1. The lowest BCUT2D eigenvalue weighted by Gasteiger charge is -2.23. The van der Waals surface area contributed by atoms with Crippen molar-refractivity contribution in [3.05, 3.63) is 94.3 Å². The molecule has 4 nitrogen and oxygen atoms in total. The molecule has 1 aliphatic carbocycles. The van der Waals surface area contributed by atoms with Crippen molar-refractivity contribution in [1.82, 2.24) is 0 Å². The number of aliphatic hydroxyl groups excluding tert-OH is 1. The van der Waals surface area contributed by atoms with Gasteiger partial charge in [-0.05, 0) is 80.5 Å². The number of carboxylic acid groups (broad SMARTS) is 1. The maximum Gasteiger partial charge on any atom is 0.303 e. The van der Waals surface area contributed by atoms with Crippen LogP contribution >= 0.6 is 15.9 Å². The van der Waals surface area contributed by atoms with Crippen molar-refractivity contribution in [2.24, 2.45) is 11.8 Å². The van der Waals surface area contributed by atoms with Crippen molar-refractivity contribution >= 4 is 21.9 Å². The fraction of sp³-hybridized carbons (Fsp3) is 0.452. The van der Waals surface area contributed by atoms with Crippen LogP contribution in [0.25, 0.3) is 0 Å². The highest BCUT2D eigenvalue weighted by Crippen LogP contribution is 2.39. The summed E-state index contributed by atoms with van der Waals surface area (Å²) in [7, 11) is 0. The number of unbranched alkanes of at least 4 members (excludes halogenated alkanes) is 1. The van der Waals surface area contributed by atoms with Crippen LogP contribution in [-0.4, -0.2) is 28.4 Å². The zero-order valence-electron chi connectivity index (χ0n) is 21.3. The van der Waals surface area contributed by atoms with Gasteiger partial charge in [0.2, 0.25) is 0 Å². The molecule has 0 spiro atoms.